The molecule has 2 atom stereocenters. The molecule has 192 valence electrons. The fourth-order valence-corrected chi connectivity index (χ4v) is 4.38. The third-order valence-corrected chi connectivity index (χ3v) is 6.29. The molecule has 1 saturated heterocycles. The van der Waals surface area contributed by atoms with Crippen LogP contribution in [0.15, 0.2) is 79.0 Å². The third-order valence-electron chi connectivity index (χ3n) is 6.29. The summed E-state index contributed by atoms with van der Waals surface area (Å²) in [6.07, 6.45) is 3.62. The summed E-state index contributed by atoms with van der Waals surface area (Å²) in [5.41, 5.74) is 1.37. The van der Waals surface area contributed by atoms with Crippen LogP contribution in [0.1, 0.15) is 44.1 Å². The summed E-state index contributed by atoms with van der Waals surface area (Å²) in [5.74, 6) is 3.21. The van der Waals surface area contributed by atoms with Crippen molar-refractivity contribution in [2.24, 2.45) is 11.8 Å². The van der Waals surface area contributed by atoms with Crippen molar-refractivity contribution in [3.63, 3.8) is 0 Å². The second-order valence-electron chi connectivity index (χ2n) is 9.09. The SMILES string of the molecule is C=C(C#Cc1ccccc1)NCCC(=O)NC(C(=O)C1CC(=O)NC1=O)C1CCCC1.c1ccccc1. The summed E-state index contributed by atoms with van der Waals surface area (Å²) in [5, 5.41) is 7.99. The van der Waals surface area contributed by atoms with Crippen molar-refractivity contribution in [1.82, 2.24) is 16.0 Å². The van der Waals surface area contributed by atoms with Crippen molar-refractivity contribution in [1.29, 1.82) is 0 Å². The number of hydrogen-bond donors (Lipinski definition) is 3. The molecule has 1 aliphatic carbocycles. The molecule has 3 N–H and O–H groups in total. The molecule has 7 heteroatoms. The summed E-state index contributed by atoms with van der Waals surface area (Å²) in [4.78, 5) is 48.9. The first-order valence-corrected chi connectivity index (χ1v) is 12.6. The van der Waals surface area contributed by atoms with E-state index >= 15 is 0 Å². The van der Waals surface area contributed by atoms with Crippen LogP contribution in [-0.2, 0) is 19.2 Å². The van der Waals surface area contributed by atoms with Gasteiger partial charge in [-0.3, -0.25) is 24.5 Å². The standard InChI is InChI=1S/C24H27N3O4.C6H6/c1-16(11-12-17-7-3-2-4-8-17)25-14-13-20(28)26-22(18-9-5-6-10-18)23(30)19-15-21(29)27-24(19)31;1-2-4-6-5-3-1/h2-4,7-8,18-19,22,25H,1,5-6,9-10,13-15H2,(H,26,28)(H,27,29,31);1-6H. The van der Waals surface area contributed by atoms with Gasteiger partial charge in [0.2, 0.25) is 17.7 Å². The number of benzene rings is 2. The average molecular weight is 500 g/mol. The van der Waals surface area contributed by atoms with Crippen LogP contribution >= 0.6 is 0 Å². The zero-order valence-corrected chi connectivity index (χ0v) is 20.9. The molecule has 37 heavy (non-hydrogen) atoms. The van der Waals surface area contributed by atoms with Crippen LogP contribution in [-0.4, -0.2) is 36.1 Å². The van der Waals surface area contributed by atoms with Crippen molar-refractivity contribution in [2.45, 2.75) is 44.6 Å². The van der Waals surface area contributed by atoms with E-state index in [9.17, 15) is 19.2 Å². The van der Waals surface area contributed by atoms with Crippen LogP contribution in [0.25, 0.3) is 0 Å². The molecule has 2 unspecified atom stereocenters. The molecular weight excluding hydrogens is 466 g/mol. The van der Waals surface area contributed by atoms with E-state index in [1.165, 1.54) is 0 Å². The van der Waals surface area contributed by atoms with Gasteiger partial charge in [-0.2, -0.15) is 0 Å². The number of Topliss-reactive ketones (excluding diaryl/α,β-unsaturated/α-hetero) is 1. The number of allylic oxidation sites excluding steroid dienone is 1. The predicted octanol–water partition coefficient (Wildman–Crippen LogP) is 3.12. The van der Waals surface area contributed by atoms with E-state index in [1.54, 1.807) is 0 Å². The van der Waals surface area contributed by atoms with Crippen LogP contribution in [0.4, 0.5) is 0 Å². The zero-order valence-electron chi connectivity index (χ0n) is 20.9. The van der Waals surface area contributed by atoms with Gasteiger partial charge in [-0.15, -0.1) is 0 Å². The maximum Gasteiger partial charge on any atom is 0.237 e. The van der Waals surface area contributed by atoms with Gasteiger partial charge in [-0.1, -0.05) is 79.9 Å². The molecule has 2 aliphatic rings. The van der Waals surface area contributed by atoms with Gasteiger partial charge < -0.3 is 10.6 Å². The fraction of sp³-hybridized carbons (Fsp3) is 0.333. The molecule has 2 fully saturated rings. The van der Waals surface area contributed by atoms with Gasteiger partial charge >= 0.3 is 0 Å². The molecule has 0 aromatic heterocycles. The highest BCUT2D eigenvalue weighted by Gasteiger charge is 2.42. The Morgan fingerprint density at radius 1 is 0.973 bits per heavy atom. The molecule has 2 aromatic rings. The van der Waals surface area contributed by atoms with Gasteiger partial charge in [0.15, 0.2) is 5.78 Å². The molecular formula is C30H33N3O4. The minimum atomic E-state index is -1.01. The van der Waals surface area contributed by atoms with E-state index in [2.05, 4.69) is 34.4 Å². The lowest BCUT2D eigenvalue weighted by Crippen LogP contribution is -2.49. The van der Waals surface area contributed by atoms with E-state index in [1.807, 2.05) is 66.7 Å². The summed E-state index contributed by atoms with van der Waals surface area (Å²) >= 11 is 0. The number of ketones is 1. The molecule has 1 heterocycles. The highest BCUT2D eigenvalue weighted by molar-refractivity contribution is 6.15. The molecule has 0 bridgehead atoms. The largest absolute Gasteiger partial charge is 0.378 e. The number of nitrogens with one attached hydrogen (secondary N) is 3. The molecule has 1 saturated carbocycles. The van der Waals surface area contributed by atoms with Crippen LogP contribution in [0, 0.1) is 23.7 Å². The van der Waals surface area contributed by atoms with Gasteiger partial charge in [0, 0.05) is 24.9 Å². The Hall–Kier alpha value is -4.18. The van der Waals surface area contributed by atoms with E-state index in [4.69, 9.17) is 0 Å². The molecule has 4 rings (SSSR count). The van der Waals surface area contributed by atoms with Gasteiger partial charge in [-0.25, -0.2) is 0 Å². The van der Waals surface area contributed by atoms with Gasteiger partial charge in [0.25, 0.3) is 0 Å². The van der Waals surface area contributed by atoms with Crippen molar-refractivity contribution in [3.8, 4) is 11.8 Å². The first-order chi connectivity index (χ1) is 17.9. The molecule has 3 amide bonds. The Bertz CT molecular complexity index is 1120. The Balaban J connectivity index is 0.000000555. The van der Waals surface area contributed by atoms with Crippen molar-refractivity contribution in [3.05, 3.63) is 84.6 Å². The number of amides is 3. The normalized spacial score (nSPS) is 17.4. The fourth-order valence-electron chi connectivity index (χ4n) is 4.38. The van der Waals surface area contributed by atoms with E-state index in [0.717, 1.165) is 31.2 Å². The maximum absolute atomic E-state index is 13.0. The van der Waals surface area contributed by atoms with E-state index in [0.29, 0.717) is 12.2 Å². The van der Waals surface area contributed by atoms with E-state index < -0.39 is 23.8 Å². The lowest BCUT2D eigenvalue weighted by molar-refractivity contribution is -0.136. The summed E-state index contributed by atoms with van der Waals surface area (Å²) in [7, 11) is 0. The van der Waals surface area contributed by atoms with Gasteiger partial charge in [-0.05, 0) is 36.8 Å². The first kappa shape index (κ1) is 27.4. The van der Waals surface area contributed by atoms with Crippen molar-refractivity contribution >= 4 is 23.5 Å². The number of rotatable bonds is 8. The number of carbonyl (C=O) groups excluding carboxylic acids is 4. The van der Waals surface area contributed by atoms with Gasteiger partial charge in [0.1, 0.15) is 5.92 Å². The van der Waals surface area contributed by atoms with Crippen LogP contribution in [0.2, 0.25) is 0 Å². The molecule has 7 nitrogen and oxygen atoms in total. The summed E-state index contributed by atoms with van der Waals surface area (Å²) in [6, 6.07) is 20.8. The Kier molecular flexibility index (Phi) is 10.7. The first-order valence-electron chi connectivity index (χ1n) is 12.6. The molecule has 2 aromatic carbocycles. The number of hydrogen-bond acceptors (Lipinski definition) is 5. The molecule has 1 aliphatic heterocycles. The summed E-state index contributed by atoms with van der Waals surface area (Å²) < 4.78 is 0. The average Bonchev–Trinajstić information content (AvgIpc) is 3.57. The van der Waals surface area contributed by atoms with E-state index in [-0.39, 0.29) is 30.4 Å². The van der Waals surface area contributed by atoms with Crippen molar-refractivity contribution < 1.29 is 19.2 Å². The highest BCUT2D eigenvalue weighted by atomic mass is 16.2. The topological polar surface area (TPSA) is 104 Å². The minimum Gasteiger partial charge on any atom is -0.378 e. The van der Waals surface area contributed by atoms with Crippen molar-refractivity contribution in [2.75, 3.05) is 6.54 Å². The molecule has 0 radical (unpaired) electrons. The second-order valence-corrected chi connectivity index (χ2v) is 9.09. The molecule has 0 spiro atoms. The Labute approximate surface area is 218 Å². The summed E-state index contributed by atoms with van der Waals surface area (Å²) in [6.45, 7) is 4.16. The Morgan fingerprint density at radius 2 is 1.57 bits per heavy atom. The lowest BCUT2D eigenvalue weighted by atomic mass is 9.87. The predicted molar refractivity (Wildman–Crippen MR) is 142 cm³/mol. The number of carbonyl (C=O) groups is 4. The number of imide groups is 1. The van der Waals surface area contributed by atoms with Crippen LogP contribution in [0.5, 0.6) is 0 Å². The van der Waals surface area contributed by atoms with Crippen LogP contribution in [0.3, 0.4) is 0 Å². The highest BCUT2D eigenvalue weighted by Crippen LogP contribution is 2.30. The third kappa shape index (κ3) is 9.08. The van der Waals surface area contributed by atoms with Gasteiger partial charge in [0.05, 0.1) is 11.7 Å². The lowest BCUT2D eigenvalue weighted by Gasteiger charge is -2.25. The van der Waals surface area contributed by atoms with Crippen LogP contribution < -0.4 is 16.0 Å². The smallest absolute Gasteiger partial charge is 0.237 e. The minimum absolute atomic E-state index is 0.000356. The maximum atomic E-state index is 13.0. The second kappa shape index (κ2) is 14.4. The quantitative estimate of drug-likeness (QED) is 0.294. The monoisotopic (exact) mass is 499 g/mol. The zero-order chi connectivity index (χ0) is 26.5. The Morgan fingerprint density at radius 3 is 2.14 bits per heavy atom.